The molecule has 1 amide bonds. The van der Waals surface area contributed by atoms with E-state index in [-0.39, 0.29) is 5.91 Å². The molecule has 0 atom stereocenters. The predicted molar refractivity (Wildman–Crippen MR) is 86.3 cm³/mol. The fourth-order valence-electron chi connectivity index (χ4n) is 1.66. The van der Waals surface area contributed by atoms with Crippen molar-refractivity contribution in [3.63, 3.8) is 0 Å². The number of hydrogen-bond donors (Lipinski definition) is 1. The number of carbonyl (C=O) groups excluding carboxylic acids is 1. The van der Waals surface area contributed by atoms with Gasteiger partial charge in [0.25, 0.3) is 5.91 Å². The molecular weight excluding hydrogens is 284 g/mol. The Hall–Kier alpha value is -2.27. The smallest absolute Gasteiger partial charge is 0.271 e. The Balaban J connectivity index is 1.94. The molecule has 0 saturated carbocycles. The minimum atomic E-state index is -0.255. The van der Waals surface area contributed by atoms with Gasteiger partial charge in [-0.2, -0.15) is 5.10 Å². The topological polar surface area (TPSA) is 50.7 Å². The number of hydrazone groups is 1. The summed E-state index contributed by atoms with van der Waals surface area (Å²) in [6, 6.07) is 14.8. The van der Waals surface area contributed by atoms with Gasteiger partial charge < -0.3 is 4.74 Å². The van der Waals surface area contributed by atoms with Crippen LogP contribution >= 0.6 is 11.8 Å². The fraction of sp³-hybridized carbons (Fsp3) is 0.125. The summed E-state index contributed by atoms with van der Waals surface area (Å²) in [7, 11) is 1.59. The molecule has 0 unspecified atom stereocenters. The molecule has 0 aliphatic rings. The third-order valence-electron chi connectivity index (χ3n) is 2.85. The Morgan fingerprint density at radius 3 is 2.38 bits per heavy atom. The van der Waals surface area contributed by atoms with Crippen molar-refractivity contribution in [2.75, 3.05) is 13.4 Å². The number of hydrogen-bond acceptors (Lipinski definition) is 4. The maximum Gasteiger partial charge on any atom is 0.271 e. The monoisotopic (exact) mass is 300 g/mol. The zero-order valence-corrected chi connectivity index (χ0v) is 12.7. The van der Waals surface area contributed by atoms with Crippen LogP contribution in [0.4, 0.5) is 0 Å². The first-order chi connectivity index (χ1) is 10.2. The van der Waals surface area contributed by atoms with Gasteiger partial charge in [-0.25, -0.2) is 5.43 Å². The molecule has 108 valence electrons. The molecule has 0 spiro atoms. The van der Waals surface area contributed by atoms with Gasteiger partial charge in [-0.15, -0.1) is 11.8 Å². The van der Waals surface area contributed by atoms with Gasteiger partial charge in [0.05, 0.1) is 13.3 Å². The molecule has 4 nitrogen and oxygen atoms in total. The van der Waals surface area contributed by atoms with Crippen molar-refractivity contribution in [1.29, 1.82) is 0 Å². The Morgan fingerprint density at radius 2 is 1.81 bits per heavy atom. The molecule has 0 bridgehead atoms. The summed E-state index contributed by atoms with van der Waals surface area (Å²) < 4.78 is 5.04. The lowest BCUT2D eigenvalue weighted by Crippen LogP contribution is -2.17. The molecule has 0 fully saturated rings. The van der Waals surface area contributed by atoms with Crippen molar-refractivity contribution < 1.29 is 9.53 Å². The summed E-state index contributed by atoms with van der Waals surface area (Å²) in [4.78, 5) is 13.1. The lowest BCUT2D eigenvalue weighted by molar-refractivity contribution is 0.0955. The van der Waals surface area contributed by atoms with Crippen molar-refractivity contribution in [2.45, 2.75) is 4.90 Å². The van der Waals surface area contributed by atoms with E-state index in [1.807, 2.05) is 30.5 Å². The number of thioether (sulfide) groups is 1. The number of amides is 1. The van der Waals surface area contributed by atoms with E-state index in [4.69, 9.17) is 4.74 Å². The largest absolute Gasteiger partial charge is 0.497 e. The van der Waals surface area contributed by atoms with Crippen molar-refractivity contribution in [2.24, 2.45) is 5.10 Å². The Bertz CT molecular complexity index is 622. The van der Waals surface area contributed by atoms with Gasteiger partial charge in [-0.1, -0.05) is 12.1 Å². The van der Waals surface area contributed by atoms with E-state index in [0.29, 0.717) is 11.3 Å². The first kappa shape index (κ1) is 15.1. The van der Waals surface area contributed by atoms with Crippen LogP contribution in [0.3, 0.4) is 0 Å². The number of nitrogens with zero attached hydrogens (tertiary/aromatic N) is 1. The molecule has 2 aromatic carbocycles. The fourth-order valence-corrected chi connectivity index (χ4v) is 2.07. The van der Waals surface area contributed by atoms with Crippen LogP contribution in [0.25, 0.3) is 0 Å². The van der Waals surface area contributed by atoms with Crippen LogP contribution in [0.5, 0.6) is 5.75 Å². The van der Waals surface area contributed by atoms with Gasteiger partial charge in [0, 0.05) is 10.5 Å². The van der Waals surface area contributed by atoms with Gasteiger partial charge >= 0.3 is 0 Å². The highest BCUT2D eigenvalue weighted by Gasteiger charge is 2.03. The number of carbonyl (C=O) groups is 1. The molecule has 0 radical (unpaired) electrons. The highest BCUT2D eigenvalue weighted by Crippen LogP contribution is 2.14. The second-order valence-electron chi connectivity index (χ2n) is 4.20. The molecule has 0 aromatic heterocycles. The Kier molecular flexibility index (Phi) is 5.40. The standard InChI is InChI=1S/C16H16N2O2S/c1-20-14-7-5-13(6-8-14)16(19)18-17-11-12-3-9-15(21-2)10-4-12/h3-11H,1-2H3,(H,18,19)/b17-11+. The molecule has 0 saturated heterocycles. The number of methoxy groups -OCH3 is 1. The average Bonchev–Trinajstić information content (AvgIpc) is 2.55. The molecule has 1 N–H and O–H groups in total. The molecule has 2 rings (SSSR count). The first-order valence-corrected chi connectivity index (χ1v) is 7.57. The van der Waals surface area contributed by atoms with Crippen molar-refractivity contribution in [1.82, 2.24) is 5.43 Å². The van der Waals surface area contributed by atoms with Crippen LogP contribution < -0.4 is 10.2 Å². The van der Waals surface area contributed by atoms with Gasteiger partial charge in [0.2, 0.25) is 0 Å². The molecule has 0 aliphatic heterocycles. The summed E-state index contributed by atoms with van der Waals surface area (Å²) in [6.45, 7) is 0. The molecule has 21 heavy (non-hydrogen) atoms. The average molecular weight is 300 g/mol. The highest BCUT2D eigenvalue weighted by atomic mass is 32.2. The zero-order chi connectivity index (χ0) is 15.1. The second-order valence-corrected chi connectivity index (χ2v) is 5.08. The van der Waals surface area contributed by atoms with Crippen LogP contribution in [0.15, 0.2) is 58.5 Å². The van der Waals surface area contributed by atoms with Crippen LogP contribution in [-0.4, -0.2) is 25.5 Å². The van der Waals surface area contributed by atoms with Gasteiger partial charge in [-0.05, 0) is 48.2 Å². The van der Waals surface area contributed by atoms with E-state index in [1.54, 1.807) is 49.4 Å². The van der Waals surface area contributed by atoms with Gasteiger partial charge in [0.1, 0.15) is 5.75 Å². The zero-order valence-electron chi connectivity index (χ0n) is 11.9. The van der Waals surface area contributed by atoms with Crippen molar-refractivity contribution in [3.05, 3.63) is 59.7 Å². The number of benzene rings is 2. The molecular formula is C16H16N2O2S. The van der Waals surface area contributed by atoms with Gasteiger partial charge in [-0.3, -0.25) is 4.79 Å². The number of nitrogens with one attached hydrogen (secondary N) is 1. The lowest BCUT2D eigenvalue weighted by atomic mass is 10.2. The third-order valence-corrected chi connectivity index (χ3v) is 3.59. The maximum atomic E-state index is 11.9. The van der Waals surface area contributed by atoms with Crippen LogP contribution in [0, 0.1) is 0 Å². The van der Waals surface area contributed by atoms with E-state index in [9.17, 15) is 4.79 Å². The Labute approximate surface area is 128 Å². The van der Waals surface area contributed by atoms with Crippen molar-refractivity contribution >= 4 is 23.9 Å². The van der Waals surface area contributed by atoms with Crippen LogP contribution in [0.2, 0.25) is 0 Å². The van der Waals surface area contributed by atoms with E-state index >= 15 is 0 Å². The maximum absolute atomic E-state index is 11.9. The van der Waals surface area contributed by atoms with E-state index in [2.05, 4.69) is 10.5 Å². The molecule has 0 aliphatic carbocycles. The van der Waals surface area contributed by atoms with Gasteiger partial charge in [0.15, 0.2) is 0 Å². The summed E-state index contributed by atoms with van der Waals surface area (Å²) in [6.07, 6.45) is 3.64. The SMILES string of the molecule is COc1ccc(C(=O)N/N=C/c2ccc(SC)cc2)cc1. The summed E-state index contributed by atoms with van der Waals surface area (Å²) in [5.74, 6) is 0.457. The highest BCUT2D eigenvalue weighted by molar-refractivity contribution is 7.98. The summed E-state index contributed by atoms with van der Waals surface area (Å²) >= 11 is 1.68. The third kappa shape index (κ3) is 4.36. The predicted octanol–water partition coefficient (Wildman–Crippen LogP) is 3.18. The summed E-state index contributed by atoms with van der Waals surface area (Å²) in [5.41, 5.74) is 3.96. The van der Waals surface area contributed by atoms with Crippen LogP contribution in [-0.2, 0) is 0 Å². The Morgan fingerprint density at radius 1 is 1.14 bits per heavy atom. The number of ether oxygens (including phenoxy) is 1. The molecule has 5 heteroatoms. The summed E-state index contributed by atoms with van der Waals surface area (Å²) in [5, 5.41) is 3.95. The lowest BCUT2D eigenvalue weighted by Gasteiger charge is -2.02. The second kappa shape index (κ2) is 7.50. The molecule has 0 heterocycles. The van der Waals surface area contributed by atoms with E-state index < -0.39 is 0 Å². The quantitative estimate of drug-likeness (QED) is 0.524. The van der Waals surface area contributed by atoms with Crippen molar-refractivity contribution in [3.8, 4) is 5.75 Å². The van der Waals surface area contributed by atoms with E-state index in [1.165, 1.54) is 4.90 Å². The minimum absolute atomic E-state index is 0.255. The molecule has 2 aromatic rings. The first-order valence-electron chi connectivity index (χ1n) is 6.34. The minimum Gasteiger partial charge on any atom is -0.497 e. The van der Waals surface area contributed by atoms with Crippen LogP contribution in [0.1, 0.15) is 15.9 Å². The normalized spacial score (nSPS) is 10.6. The van der Waals surface area contributed by atoms with E-state index in [0.717, 1.165) is 5.56 Å². The number of rotatable bonds is 5.